The largest absolute Gasteiger partial charge is 0.393 e. The Kier molecular flexibility index (Phi) is 3.22. The SMILES string of the molecule is C[C@]12CC[C@H]3[C@@H](CC4OC[C@@]35CC[C@H](O)C[C@]45Br)[C@@H]1CC[C@@H]2O. The van der Waals surface area contributed by atoms with E-state index in [1.807, 2.05) is 0 Å². The van der Waals surface area contributed by atoms with E-state index in [2.05, 4.69) is 22.9 Å². The first-order chi connectivity index (χ1) is 10.9. The summed E-state index contributed by atoms with van der Waals surface area (Å²) in [5.74, 6) is 2.08. The van der Waals surface area contributed by atoms with Crippen LogP contribution in [0.1, 0.15) is 58.3 Å². The summed E-state index contributed by atoms with van der Waals surface area (Å²) < 4.78 is 6.34. The summed E-state index contributed by atoms with van der Waals surface area (Å²) in [6, 6.07) is 0. The number of alkyl halides is 1. The van der Waals surface area contributed by atoms with Gasteiger partial charge in [0.05, 0.1) is 29.2 Å². The topological polar surface area (TPSA) is 49.7 Å². The Balaban J connectivity index is 1.55. The van der Waals surface area contributed by atoms with Crippen molar-refractivity contribution in [1.29, 1.82) is 0 Å². The van der Waals surface area contributed by atoms with Gasteiger partial charge in [0.2, 0.25) is 0 Å². The molecule has 23 heavy (non-hydrogen) atoms. The van der Waals surface area contributed by atoms with Crippen molar-refractivity contribution in [2.75, 3.05) is 6.61 Å². The third kappa shape index (κ3) is 1.72. The number of fused-ring (bicyclic) bond motifs is 3. The maximum Gasteiger partial charge on any atom is 0.0738 e. The Morgan fingerprint density at radius 2 is 1.87 bits per heavy atom. The quantitative estimate of drug-likeness (QED) is 0.630. The number of halogens is 1. The van der Waals surface area contributed by atoms with E-state index in [1.165, 1.54) is 12.8 Å². The highest BCUT2D eigenvalue weighted by Crippen LogP contribution is 2.72. The lowest BCUT2D eigenvalue weighted by atomic mass is 9.45. The van der Waals surface area contributed by atoms with Crippen LogP contribution in [0.2, 0.25) is 0 Å². The number of hydrogen-bond acceptors (Lipinski definition) is 3. The third-order valence-electron chi connectivity index (χ3n) is 8.92. The first kappa shape index (κ1) is 15.6. The molecule has 0 spiro atoms. The van der Waals surface area contributed by atoms with Crippen LogP contribution in [0.5, 0.6) is 0 Å². The molecule has 5 rings (SSSR count). The Labute approximate surface area is 147 Å². The zero-order chi connectivity index (χ0) is 16.0. The first-order valence-electron chi connectivity index (χ1n) is 9.57. The van der Waals surface area contributed by atoms with Gasteiger partial charge in [0, 0.05) is 5.41 Å². The van der Waals surface area contributed by atoms with Crippen LogP contribution in [-0.4, -0.2) is 39.5 Å². The fourth-order valence-corrected chi connectivity index (χ4v) is 8.98. The van der Waals surface area contributed by atoms with Gasteiger partial charge in [-0.3, -0.25) is 0 Å². The van der Waals surface area contributed by atoms with E-state index in [0.717, 1.165) is 45.1 Å². The summed E-state index contributed by atoms with van der Waals surface area (Å²) in [6.07, 6.45) is 8.55. The van der Waals surface area contributed by atoms with E-state index >= 15 is 0 Å². The summed E-state index contributed by atoms with van der Waals surface area (Å²) >= 11 is 4.12. The van der Waals surface area contributed by atoms with E-state index in [-0.39, 0.29) is 33.5 Å². The summed E-state index contributed by atoms with van der Waals surface area (Å²) in [5, 5.41) is 20.8. The number of rotatable bonds is 0. The Morgan fingerprint density at radius 1 is 1.04 bits per heavy atom. The molecule has 0 radical (unpaired) electrons. The van der Waals surface area contributed by atoms with Gasteiger partial charge >= 0.3 is 0 Å². The third-order valence-corrected chi connectivity index (χ3v) is 10.5. The van der Waals surface area contributed by atoms with Crippen LogP contribution in [0.4, 0.5) is 0 Å². The lowest BCUT2D eigenvalue weighted by Gasteiger charge is -2.62. The molecule has 0 aromatic heterocycles. The molecule has 5 fully saturated rings. The molecule has 0 amide bonds. The molecule has 1 heterocycles. The molecule has 9 atom stereocenters. The van der Waals surface area contributed by atoms with Gasteiger partial charge in [0.15, 0.2) is 0 Å². The van der Waals surface area contributed by atoms with Crippen molar-refractivity contribution >= 4 is 15.9 Å². The molecule has 4 saturated carbocycles. The van der Waals surface area contributed by atoms with E-state index in [4.69, 9.17) is 4.74 Å². The van der Waals surface area contributed by atoms with Crippen LogP contribution in [0, 0.1) is 28.6 Å². The standard InChI is InChI=1S/C19H29BrO3/c1-17-6-5-14-12(13(17)2-3-15(17)22)8-16-19(20)9-11(21)4-7-18(14,19)10-23-16/h11-16,21-22H,2-10H2,1H3/t11-,12-,13-,14-,15-,16?,17-,18-,19-/m0/s1. The lowest BCUT2D eigenvalue weighted by Crippen LogP contribution is -2.63. The van der Waals surface area contributed by atoms with Crippen LogP contribution in [0.25, 0.3) is 0 Å². The highest BCUT2D eigenvalue weighted by Gasteiger charge is 2.72. The molecule has 1 unspecified atom stereocenters. The van der Waals surface area contributed by atoms with Crippen LogP contribution >= 0.6 is 15.9 Å². The maximum absolute atomic E-state index is 10.6. The van der Waals surface area contributed by atoms with E-state index in [9.17, 15) is 10.2 Å². The zero-order valence-electron chi connectivity index (χ0n) is 14.0. The minimum Gasteiger partial charge on any atom is -0.393 e. The van der Waals surface area contributed by atoms with Crippen LogP contribution in [-0.2, 0) is 4.74 Å². The van der Waals surface area contributed by atoms with Crippen LogP contribution in [0.15, 0.2) is 0 Å². The molecule has 0 aromatic rings. The lowest BCUT2D eigenvalue weighted by molar-refractivity contribution is -0.112. The smallest absolute Gasteiger partial charge is 0.0738 e. The summed E-state index contributed by atoms with van der Waals surface area (Å²) in [4.78, 5) is 0. The second kappa shape index (κ2) is 4.75. The first-order valence-corrected chi connectivity index (χ1v) is 10.4. The molecule has 1 saturated heterocycles. The molecule has 2 N–H and O–H groups in total. The molecule has 130 valence electrons. The fourth-order valence-electron chi connectivity index (χ4n) is 7.68. The van der Waals surface area contributed by atoms with Gasteiger partial charge in [-0.15, -0.1) is 0 Å². The summed E-state index contributed by atoms with van der Waals surface area (Å²) in [7, 11) is 0. The normalized spacial score (nSPS) is 64.2. The second-order valence-corrected chi connectivity index (χ2v) is 10.9. The van der Waals surface area contributed by atoms with Gasteiger partial charge in [-0.05, 0) is 74.5 Å². The van der Waals surface area contributed by atoms with Gasteiger partial charge in [0.1, 0.15) is 0 Å². The molecule has 0 aromatic carbocycles. The fraction of sp³-hybridized carbons (Fsp3) is 1.00. The van der Waals surface area contributed by atoms with Crippen molar-refractivity contribution in [2.45, 2.75) is 80.9 Å². The van der Waals surface area contributed by atoms with Gasteiger partial charge in [-0.2, -0.15) is 0 Å². The van der Waals surface area contributed by atoms with E-state index in [1.54, 1.807) is 0 Å². The number of aliphatic hydroxyl groups excluding tert-OH is 2. The average Bonchev–Trinajstić information content (AvgIpc) is 2.88. The van der Waals surface area contributed by atoms with Crippen molar-refractivity contribution in [3.05, 3.63) is 0 Å². The molecule has 3 nitrogen and oxygen atoms in total. The van der Waals surface area contributed by atoms with E-state index in [0.29, 0.717) is 17.8 Å². The molecule has 4 heteroatoms. The predicted molar refractivity (Wildman–Crippen MR) is 91.4 cm³/mol. The Morgan fingerprint density at radius 3 is 2.70 bits per heavy atom. The highest BCUT2D eigenvalue weighted by atomic mass is 79.9. The van der Waals surface area contributed by atoms with Gasteiger partial charge < -0.3 is 14.9 Å². The van der Waals surface area contributed by atoms with Crippen molar-refractivity contribution in [3.63, 3.8) is 0 Å². The van der Waals surface area contributed by atoms with Crippen molar-refractivity contribution in [2.24, 2.45) is 28.6 Å². The second-order valence-electron chi connectivity index (χ2n) is 9.47. The monoisotopic (exact) mass is 384 g/mol. The molecule has 2 bridgehead atoms. The predicted octanol–water partition coefficient (Wildman–Crippen LogP) is 3.26. The van der Waals surface area contributed by atoms with Crippen molar-refractivity contribution < 1.29 is 14.9 Å². The molecule has 5 aliphatic rings. The Hall–Kier alpha value is 0.360. The van der Waals surface area contributed by atoms with E-state index < -0.39 is 0 Å². The van der Waals surface area contributed by atoms with Crippen molar-refractivity contribution in [1.82, 2.24) is 0 Å². The minimum absolute atomic E-state index is 0.0101. The zero-order valence-corrected chi connectivity index (χ0v) is 15.6. The molecular weight excluding hydrogens is 356 g/mol. The van der Waals surface area contributed by atoms with Gasteiger partial charge in [-0.1, -0.05) is 22.9 Å². The summed E-state index contributed by atoms with van der Waals surface area (Å²) in [5.41, 5.74) is 0.354. The number of ether oxygens (including phenoxy) is 1. The van der Waals surface area contributed by atoms with Crippen LogP contribution in [0.3, 0.4) is 0 Å². The number of aliphatic hydroxyl groups is 2. The Bertz CT molecular complexity index is 527. The number of hydrogen-bond donors (Lipinski definition) is 2. The van der Waals surface area contributed by atoms with Crippen molar-refractivity contribution in [3.8, 4) is 0 Å². The molecule has 1 aliphatic heterocycles. The maximum atomic E-state index is 10.6. The minimum atomic E-state index is -0.176. The van der Waals surface area contributed by atoms with Gasteiger partial charge in [0.25, 0.3) is 0 Å². The highest BCUT2D eigenvalue weighted by molar-refractivity contribution is 9.10. The summed E-state index contributed by atoms with van der Waals surface area (Å²) in [6.45, 7) is 3.22. The molecular formula is C19H29BrO3. The van der Waals surface area contributed by atoms with Gasteiger partial charge in [-0.25, -0.2) is 0 Å². The average molecular weight is 385 g/mol. The van der Waals surface area contributed by atoms with Crippen LogP contribution < -0.4 is 0 Å². The molecule has 4 aliphatic carbocycles.